The Labute approximate surface area is 163 Å². The number of fused-ring (bicyclic) bond motifs is 1. The maximum atomic E-state index is 12.7. The lowest BCUT2D eigenvalue weighted by molar-refractivity contribution is -0.137. The Balaban J connectivity index is 1.83. The molecule has 3 rings (SSSR count). The van der Waals surface area contributed by atoms with Crippen LogP contribution in [0.2, 0.25) is 0 Å². The number of aromatic nitrogens is 3. The summed E-state index contributed by atoms with van der Waals surface area (Å²) in [6.07, 6.45) is -2.92. The van der Waals surface area contributed by atoms with Crippen molar-refractivity contribution in [3.8, 4) is 0 Å². The molecule has 1 N–H and O–H groups in total. The van der Waals surface area contributed by atoms with Gasteiger partial charge in [-0.3, -0.25) is 14.2 Å². The summed E-state index contributed by atoms with van der Waals surface area (Å²) in [5.41, 5.74) is -0.589. The van der Waals surface area contributed by atoms with Gasteiger partial charge in [-0.1, -0.05) is 12.1 Å². The Bertz CT molecular complexity index is 1080. The molecule has 0 radical (unpaired) electrons. The Morgan fingerprint density at radius 2 is 1.93 bits per heavy atom. The lowest BCUT2D eigenvalue weighted by Gasteiger charge is -2.11. The third kappa shape index (κ3) is 4.60. The number of nitrogens with one attached hydrogen (secondary N) is 1. The Morgan fingerprint density at radius 3 is 2.59 bits per heavy atom. The monoisotopic (exact) mass is 406 g/mol. The number of benzene rings is 1. The first-order valence-electron chi connectivity index (χ1n) is 8.60. The number of halogens is 3. The number of amides is 1. The van der Waals surface area contributed by atoms with E-state index < -0.39 is 23.2 Å². The number of hydrogen-bond acceptors (Lipinski definition) is 5. The van der Waals surface area contributed by atoms with Crippen molar-refractivity contribution in [2.45, 2.75) is 19.3 Å². The summed E-state index contributed by atoms with van der Waals surface area (Å²) < 4.78 is 44.2. The number of hydrogen-bond donors (Lipinski definition) is 1. The molecular weight excluding hydrogens is 389 g/mol. The number of ether oxygens (including phenoxy) is 1. The molecule has 152 valence electrons. The summed E-state index contributed by atoms with van der Waals surface area (Å²) in [6, 6.07) is 7.63. The van der Waals surface area contributed by atoms with E-state index >= 15 is 0 Å². The molecule has 0 aliphatic heterocycles. The minimum atomic E-state index is -4.43. The van der Waals surface area contributed by atoms with Crippen molar-refractivity contribution in [2.24, 2.45) is 0 Å². The van der Waals surface area contributed by atoms with Crippen molar-refractivity contribution in [3.05, 3.63) is 69.8 Å². The first kappa shape index (κ1) is 20.5. The van der Waals surface area contributed by atoms with Gasteiger partial charge in [-0.25, -0.2) is 9.97 Å². The van der Waals surface area contributed by atoms with Gasteiger partial charge >= 0.3 is 6.18 Å². The zero-order chi connectivity index (χ0) is 21.0. The van der Waals surface area contributed by atoms with Crippen LogP contribution in [-0.2, 0) is 24.0 Å². The Hall–Kier alpha value is -3.27. The molecule has 1 aromatic carbocycles. The van der Waals surface area contributed by atoms with Crippen LogP contribution in [0.3, 0.4) is 0 Å². The van der Waals surface area contributed by atoms with Gasteiger partial charge in [0.2, 0.25) is 0 Å². The molecule has 0 aliphatic rings. The van der Waals surface area contributed by atoms with Crippen LogP contribution in [0.4, 0.5) is 13.2 Å². The molecule has 7 nitrogen and oxygen atoms in total. The van der Waals surface area contributed by atoms with Gasteiger partial charge in [0.05, 0.1) is 18.7 Å². The summed E-state index contributed by atoms with van der Waals surface area (Å²) in [7, 11) is 1.49. The molecule has 0 bridgehead atoms. The van der Waals surface area contributed by atoms with E-state index in [1.54, 1.807) is 12.1 Å². The van der Waals surface area contributed by atoms with E-state index in [4.69, 9.17) is 4.74 Å². The lowest BCUT2D eigenvalue weighted by Crippen LogP contribution is -2.35. The van der Waals surface area contributed by atoms with E-state index in [1.807, 2.05) is 0 Å². The highest BCUT2D eigenvalue weighted by molar-refractivity contribution is 5.93. The maximum Gasteiger partial charge on any atom is 0.416 e. The zero-order valence-electron chi connectivity index (χ0n) is 15.4. The van der Waals surface area contributed by atoms with Crippen LogP contribution >= 0.6 is 0 Å². The second-order valence-corrected chi connectivity index (χ2v) is 6.13. The van der Waals surface area contributed by atoms with E-state index in [1.165, 1.54) is 30.0 Å². The first-order valence-corrected chi connectivity index (χ1v) is 8.60. The number of methoxy groups -OCH3 is 1. The largest absolute Gasteiger partial charge is 0.416 e. The number of carbonyl (C=O) groups is 1. The van der Waals surface area contributed by atoms with E-state index in [0.717, 1.165) is 12.1 Å². The van der Waals surface area contributed by atoms with Gasteiger partial charge in [-0.15, -0.1) is 0 Å². The van der Waals surface area contributed by atoms with Crippen LogP contribution in [0.15, 0.2) is 47.4 Å². The SMILES string of the molecule is COCCn1c(=O)c(C(=O)NCc2ccc(C(F)(F)F)cc2)nc2cccnc21. The summed E-state index contributed by atoms with van der Waals surface area (Å²) in [6.45, 7) is 0.369. The van der Waals surface area contributed by atoms with Crippen molar-refractivity contribution < 1.29 is 22.7 Å². The van der Waals surface area contributed by atoms with Crippen molar-refractivity contribution in [1.82, 2.24) is 19.9 Å². The molecular formula is C19H17F3N4O3. The standard InChI is InChI=1S/C19H17F3N4O3/c1-29-10-9-26-16-14(3-2-8-23-16)25-15(18(26)28)17(27)24-11-12-4-6-13(7-5-12)19(20,21)22/h2-8H,9-11H2,1H3,(H,24,27). The van der Waals surface area contributed by atoms with Crippen LogP contribution in [0.25, 0.3) is 11.2 Å². The minimum Gasteiger partial charge on any atom is -0.383 e. The van der Waals surface area contributed by atoms with Crippen molar-refractivity contribution in [1.29, 1.82) is 0 Å². The molecule has 3 aromatic rings. The number of pyridine rings is 1. The van der Waals surface area contributed by atoms with Gasteiger partial charge in [-0.2, -0.15) is 13.2 Å². The molecule has 0 saturated heterocycles. The van der Waals surface area contributed by atoms with Crippen molar-refractivity contribution >= 4 is 17.1 Å². The zero-order valence-corrected chi connectivity index (χ0v) is 15.4. The highest BCUT2D eigenvalue weighted by Crippen LogP contribution is 2.29. The summed E-state index contributed by atoms with van der Waals surface area (Å²) >= 11 is 0. The molecule has 0 saturated carbocycles. The van der Waals surface area contributed by atoms with E-state index in [0.29, 0.717) is 16.7 Å². The van der Waals surface area contributed by atoms with Crippen molar-refractivity contribution in [2.75, 3.05) is 13.7 Å². The van der Waals surface area contributed by atoms with Gasteiger partial charge in [0.25, 0.3) is 11.5 Å². The second kappa shape index (κ2) is 8.39. The predicted molar refractivity (Wildman–Crippen MR) is 98.3 cm³/mol. The quantitative estimate of drug-likeness (QED) is 0.679. The number of rotatable bonds is 6. The molecule has 29 heavy (non-hydrogen) atoms. The van der Waals surface area contributed by atoms with E-state index in [-0.39, 0.29) is 25.4 Å². The summed E-state index contributed by atoms with van der Waals surface area (Å²) in [5.74, 6) is -0.730. The molecule has 0 unspecified atom stereocenters. The van der Waals surface area contributed by atoms with E-state index in [2.05, 4.69) is 15.3 Å². The van der Waals surface area contributed by atoms with Crippen LogP contribution < -0.4 is 10.9 Å². The molecule has 10 heteroatoms. The van der Waals surface area contributed by atoms with E-state index in [9.17, 15) is 22.8 Å². The average molecular weight is 406 g/mol. The molecule has 2 heterocycles. The molecule has 1 amide bonds. The fourth-order valence-electron chi connectivity index (χ4n) is 2.69. The highest BCUT2D eigenvalue weighted by atomic mass is 19.4. The fraction of sp³-hybridized carbons (Fsp3) is 0.263. The summed E-state index contributed by atoms with van der Waals surface area (Å²) in [4.78, 5) is 33.5. The smallest absolute Gasteiger partial charge is 0.383 e. The van der Waals surface area contributed by atoms with Crippen LogP contribution in [-0.4, -0.2) is 34.2 Å². The van der Waals surface area contributed by atoms with Crippen LogP contribution in [0, 0.1) is 0 Å². The first-order chi connectivity index (χ1) is 13.8. The highest BCUT2D eigenvalue weighted by Gasteiger charge is 2.29. The third-order valence-corrected chi connectivity index (χ3v) is 4.17. The molecule has 0 aliphatic carbocycles. The fourth-order valence-corrected chi connectivity index (χ4v) is 2.69. The van der Waals surface area contributed by atoms with Crippen LogP contribution in [0.1, 0.15) is 21.6 Å². The molecule has 0 spiro atoms. The second-order valence-electron chi connectivity index (χ2n) is 6.13. The van der Waals surface area contributed by atoms with Gasteiger partial charge in [0.1, 0.15) is 5.52 Å². The lowest BCUT2D eigenvalue weighted by atomic mass is 10.1. The predicted octanol–water partition coefficient (Wildman–Crippen LogP) is 2.39. The normalized spacial score (nSPS) is 11.6. The molecule has 2 aromatic heterocycles. The van der Waals surface area contributed by atoms with Gasteiger partial charge in [0.15, 0.2) is 11.3 Å². The number of carbonyl (C=O) groups excluding carboxylic acids is 1. The van der Waals surface area contributed by atoms with Gasteiger partial charge in [-0.05, 0) is 29.8 Å². The minimum absolute atomic E-state index is 0.0543. The Kier molecular flexibility index (Phi) is 5.92. The summed E-state index contributed by atoms with van der Waals surface area (Å²) in [5, 5.41) is 2.51. The van der Waals surface area contributed by atoms with Gasteiger partial charge in [0, 0.05) is 19.9 Å². The van der Waals surface area contributed by atoms with Crippen LogP contribution in [0.5, 0.6) is 0 Å². The number of alkyl halides is 3. The number of nitrogens with zero attached hydrogens (tertiary/aromatic N) is 3. The topological polar surface area (TPSA) is 86.1 Å². The Morgan fingerprint density at radius 1 is 1.21 bits per heavy atom. The third-order valence-electron chi connectivity index (χ3n) is 4.17. The molecule has 0 atom stereocenters. The molecule has 0 fully saturated rings. The maximum absolute atomic E-state index is 12.7. The average Bonchev–Trinajstić information content (AvgIpc) is 2.70. The van der Waals surface area contributed by atoms with Crippen molar-refractivity contribution in [3.63, 3.8) is 0 Å². The van der Waals surface area contributed by atoms with Gasteiger partial charge < -0.3 is 10.1 Å².